The summed E-state index contributed by atoms with van der Waals surface area (Å²) in [6.07, 6.45) is -7.69. The highest BCUT2D eigenvalue weighted by atomic mass is 19.4. The zero-order valence-corrected chi connectivity index (χ0v) is 19.0. The van der Waals surface area contributed by atoms with Crippen molar-refractivity contribution in [1.82, 2.24) is 19.9 Å². The average molecular weight is 506 g/mol. The van der Waals surface area contributed by atoms with Crippen LogP contribution in [0.3, 0.4) is 0 Å². The minimum absolute atomic E-state index is 0.0259. The first-order valence-corrected chi connectivity index (χ1v) is 10.9. The molecular weight excluding hydrogens is 482 g/mol. The summed E-state index contributed by atoms with van der Waals surface area (Å²) in [5.41, 5.74) is -3.89. The maximum Gasteiger partial charge on any atom is 0.436 e. The Labute approximate surface area is 196 Å². The molecule has 1 fully saturated rings. The number of oxazole rings is 1. The molecule has 1 aromatic carbocycles. The van der Waals surface area contributed by atoms with Gasteiger partial charge < -0.3 is 24.1 Å². The van der Waals surface area contributed by atoms with Crippen molar-refractivity contribution in [3.63, 3.8) is 0 Å². The van der Waals surface area contributed by atoms with Crippen LogP contribution in [0.4, 0.5) is 26.3 Å². The topological polar surface area (TPSA) is 85.3 Å². The molecule has 1 aliphatic heterocycles. The first-order chi connectivity index (χ1) is 16.2. The number of aromatic nitrogens is 3. The summed E-state index contributed by atoms with van der Waals surface area (Å²) in [7, 11) is 0. The van der Waals surface area contributed by atoms with E-state index in [2.05, 4.69) is 15.3 Å². The number of nitrogens with zero attached hydrogens (tertiary/aromatic N) is 3. The molecule has 0 saturated carbocycles. The molecule has 4 rings (SSSR count). The zero-order valence-electron chi connectivity index (χ0n) is 19.0. The number of halogens is 6. The van der Waals surface area contributed by atoms with Crippen molar-refractivity contribution in [2.45, 2.75) is 69.7 Å². The lowest BCUT2D eigenvalue weighted by atomic mass is 9.84. The quantitative estimate of drug-likeness (QED) is 0.471. The molecule has 0 spiro atoms. The molecule has 192 valence electrons. The third-order valence-electron chi connectivity index (χ3n) is 5.90. The van der Waals surface area contributed by atoms with Gasteiger partial charge in [-0.3, -0.25) is 0 Å². The Morgan fingerprint density at radius 1 is 1.20 bits per heavy atom. The minimum Gasteiger partial charge on any atom is -0.492 e. The van der Waals surface area contributed by atoms with Gasteiger partial charge in [0.25, 0.3) is 0 Å². The van der Waals surface area contributed by atoms with E-state index in [1.54, 1.807) is 20.8 Å². The molecule has 0 bridgehead atoms. The van der Waals surface area contributed by atoms with E-state index < -0.39 is 41.1 Å². The van der Waals surface area contributed by atoms with Crippen LogP contribution in [-0.4, -0.2) is 38.3 Å². The van der Waals surface area contributed by atoms with Crippen molar-refractivity contribution in [1.29, 1.82) is 0 Å². The molecule has 2 N–H and O–H groups in total. The van der Waals surface area contributed by atoms with Gasteiger partial charge in [0.2, 0.25) is 5.89 Å². The van der Waals surface area contributed by atoms with Crippen LogP contribution >= 0.6 is 0 Å². The summed E-state index contributed by atoms with van der Waals surface area (Å²) in [6, 6.07) is 1.07. The predicted octanol–water partition coefficient (Wildman–Crippen LogP) is 5.05. The van der Waals surface area contributed by atoms with E-state index in [1.807, 2.05) is 0 Å². The molecule has 2 aromatic heterocycles. The van der Waals surface area contributed by atoms with Crippen LogP contribution in [0.2, 0.25) is 0 Å². The van der Waals surface area contributed by atoms with E-state index in [1.165, 1.54) is 17.0 Å². The molecule has 35 heavy (non-hydrogen) atoms. The van der Waals surface area contributed by atoms with E-state index in [0.29, 0.717) is 6.26 Å². The minimum atomic E-state index is -4.73. The number of imidazole rings is 1. The van der Waals surface area contributed by atoms with Crippen molar-refractivity contribution >= 4 is 11.0 Å². The summed E-state index contributed by atoms with van der Waals surface area (Å²) < 4.78 is 92.1. The van der Waals surface area contributed by atoms with Gasteiger partial charge in [-0.15, -0.1) is 0 Å². The number of alkyl halides is 6. The summed E-state index contributed by atoms with van der Waals surface area (Å²) in [4.78, 5) is 7.49. The number of nitrogens with one attached hydrogen (secondary N) is 1. The molecule has 7 nitrogen and oxygen atoms in total. The monoisotopic (exact) mass is 506 g/mol. The number of fused-ring (bicyclic) bond motifs is 1. The van der Waals surface area contributed by atoms with E-state index in [-0.39, 0.29) is 48.3 Å². The van der Waals surface area contributed by atoms with Crippen molar-refractivity contribution in [3.8, 4) is 5.75 Å². The molecule has 1 saturated heterocycles. The van der Waals surface area contributed by atoms with E-state index in [9.17, 15) is 31.4 Å². The molecule has 1 aliphatic rings. The summed E-state index contributed by atoms with van der Waals surface area (Å²) >= 11 is 0. The third kappa shape index (κ3) is 5.10. The number of rotatable bonds is 5. The largest absolute Gasteiger partial charge is 0.492 e. The molecule has 3 aromatic rings. The predicted molar refractivity (Wildman–Crippen MR) is 112 cm³/mol. The molecule has 0 aliphatic carbocycles. The van der Waals surface area contributed by atoms with Crippen molar-refractivity contribution < 1.29 is 40.6 Å². The molecule has 3 unspecified atom stereocenters. The summed E-state index contributed by atoms with van der Waals surface area (Å²) in [6.45, 7) is 5.03. The summed E-state index contributed by atoms with van der Waals surface area (Å²) in [5.74, 6) is -0.541. The van der Waals surface area contributed by atoms with Gasteiger partial charge in [0.05, 0.1) is 22.9 Å². The van der Waals surface area contributed by atoms with Gasteiger partial charge in [-0.1, -0.05) is 0 Å². The van der Waals surface area contributed by atoms with Gasteiger partial charge >= 0.3 is 12.4 Å². The van der Waals surface area contributed by atoms with Crippen molar-refractivity contribution in [2.75, 3.05) is 6.61 Å². The van der Waals surface area contributed by atoms with Crippen LogP contribution in [0.5, 0.6) is 5.75 Å². The van der Waals surface area contributed by atoms with E-state index >= 15 is 0 Å². The smallest absolute Gasteiger partial charge is 0.436 e. The van der Waals surface area contributed by atoms with E-state index in [0.717, 1.165) is 6.07 Å². The zero-order chi connectivity index (χ0) is 25.8. The van der Waals surface area contributed by atoms with Crippen molar-refractivity contribution in [3.05, 3.63) is 41.9 Å². The molecule has 13 heteroatoms. The first-order valence-electron chi connectivity index (χ1n) is 10.9. The SMILES string of the molecule is CC1CC(O)(c2nc(C(F)(F)F)co2)CC(COc2cc(C(F)(F)F)c3c(c2)ncn3C(C)C)N1. The van der Waals surface area contributed by atoms with E-state index in [4.69, 9.17) is 9.15 Å². The second kappa shape index (κ2) is 8.70. The van der Waals surface area contributed by atoms with Crippen LogP contribution in [0.15, 0.2) is 29.1 Å². The van der Waals surface area contributed by atoms with Gasteiger partial charge in [-0.2, -0.15) is 26.3 Å². The molecule has 3 atom stereocenters. The fourth-order valence-electron chi connectivity index (χ4n) is 4.45. The lowest BCUT2D eigenvalue weighted by Crippen LogP contribution is -2.53. The van der Waals surface area contributed by atoms with Crippen LogP contribution in [-0.2, 0) is 18.0 Å². The average Bonchev–Trinajstić information content (AvgIpc) is 3.38. The lowest BCUT2D eigenvalue weighted by molar-refractivity contribution is -0.141. The van der Waals surface area contributed by atoms with Crippen LogP contribution < -0.4 is 10.1 Å². The van der Waals surface area contributed by atoms with Gasteiger partial charge in [-0.05, 0) is 26.8 Å². The Hall–Kier alpha value is -2.80. The number of piperidine rings is 1. The Morgan fingerprint density at radius 3 is 2.51 bits per heavy atom. The second-order valence-corrected chi connectivity index (χ2v) is 9.13. The van der Waals surface area contributed by atoms with Gasteiger partial charge in [0.1, 0.15) is 24.2 Å². The maximum absolute atomic E-state index is 13.8. The van der Waals surface area contributed by atoms with Crippen LogP contribution in [0, 0.1) is 0 Å². The molecule has 0 amide bonds. The molecule has 0 radical (unpaired) electrons. The molecule has 3 heterocycles. The summed E-state index contributed by atoms with van der Waals surface area (Å²) in [5, 5.41) is 14.2. The Kier molecular flexibility index (Phi) is 6.29. The number of hydrogen-bond acceptors (Lipinski definition) is 6. The van der Waals surface area contributed by atoms with Gasteiger partial charge in [0, 0.05) is 37.0 Å². The Balaban J connectivity index is 1.56. The van der Waals surface area contributed by atoms with Crippen LogP contribution in [0.25, 0.3) is 11.0 Å². The highest BCUT2D eigenvalue weighted by Crippen LogP contribution is 2.40. The van der Waals surface area contributed by atoms with Crippen LogP contribution in [0.1, 0.15) is 56.8 Å². The lowest BCUT2D eigenvalue weighted by Gasteiger charge is -2.38. The van der Waals surface area contributed by atoms with Crippen molar-refractivity contribution in [2.24, 2.45) is 0 Å². The normalized spacial score (nSPS) is 23.9. The second-order valence-electron chi connectivity index (χ2n) is 9.13. The Morgan fingerprint density at radius 2 is 1.91 bits per heavy atom. The fraction of sp³-hybridized carbons (Fsp3) is 0.545. The third-order valence-corrected chi connectivity index (χ3v) is 5.90. The number of aliphatic hydroxyl groups is 1. The number of hydrogen-bond donors (Lipinski definition) is 2. The maximum atomic E-state index is 13.8. The molecular formula is C22H24F6N4O3. The standard InChI is InChI=1S/C22H24F6N4O3/c1-11(2)32-10-29-16-5-14(4-15(18(16)32)21(23,24)25)34-8-13-7-20(33,6-12(3)30-13)19-31-17(9-35-19)22(26,27)28/h4-5,9-13,30,33H,6-8H2,1-3H3. The fourth-order valence-corrected chi connectivity index (χ4v) is 4.45. The number of benzene rings is 1. The highest BCUT2D eigenvalue weighted by molar-refractivity contribution is 5.81. The number of ether oxygens (including phenoxy) is 1. The van der Waals surface area contributed by atoms with Gasteiger partial charge in [-0.25, -0.2) is 9.97 Å². The Bertz CT molecular complexity index is 1200. The van der Waals surface area contributed by atoms with Gasteiger partial charge in [0.15, 0.2) is 5.69 Å². The first kappa shape index (κ1) is 25.3. The highest BCUT2D eigenvalue weighted by Gasteiger charge is 2.45.